The minimum atomic E-state index is -1.92. The molecule has 0 amide bonds. The largest absolute Gasteiger partial charge is 0.462 e. The normalized spacial score (nSPS) is 38.6. The van der Waals surface area contributed by atoms with Crippen LogP contribution in [0.4, 0.5) is 0 Å². The molecule has 116 heavy (non-hydrogen) atoms. The number of esters is 8. The minimum Gasteiger partial charge on any atom is -0.462 e. The van der Waals surface area contributed by atoms with Gasteiger partial charge in [0.15, 0.2) is 73.2 Å². The number of rotatable bonds is 19. The van der Waals surface area contributed by atoms with Crippen LogP contribution in [0.5, 0.6) is 0 Å². The third-order valence-electron chi connectivity index (χ3n) is 26.1. The van der Waals surface area contributed by atoms with E-state index >= 15 is 4.79 Å². The van der Waals surface area contributed by atoms with E-state index in [1.807, 2.05) is 0 Å². The topological polar surface area (TPSA) is 317 Å². The summed E-state index contributed by atoms with van der Waals surface area (Å²) >= 11 is 0. The molecule has 0 aromatic heterocycles. The van der Waals surface area contributed by atoms with Gasteiger partial charge in [0.25, 0.3) is 0 Å². The maximum atomic E-state index is 15.5. The number of benzene rings is 3. The van der Waals surface area contributed by atoms with E-state index in [-0.39, 0.29) is 57.8 Å². The number of carbonyl (C=O) groups excluding carboxylic acids is 8. The van der Waals surface area contributed by atoms with Crippen molar-refractivity contribution in [2.45, 2.75) is 312 Å². The summed E-state index contributed by atoms with van der Waals surface area (Å²) in [5.74, 6) is -7.99. The lowest BCUT2D eigenvalue weighted by atomic mass is 9.44. The summed E-state index contributed by atoms with van der Waals surface area (Å²) in [6.07, 6.45) is -18.8. The second-order valence-corrected chi connectivity index (χ2v) is 40.0. The molecule has 2 unspecified atom stereocenters. The second kappa shape index (κ2) is 32.2. The van der Waals surface area contributed by atoms with Gasteiger partial charge in [-0.3, -0.25) is 24.0 Å². The molecule has 10 aliphatic rings. The third kappa shape index (κ3) is 17.1. The first-order valence-corrected chi connectivity index (χ1v) is 41.6. The van der Waals surface area contributed by atoms with Crippen molar-refractivity contribution in [1.29, 1.82) is 0 Å². The maximum absolute atomic E-state index is 15.5. The van der Waals surface area contributed by atoms with E-state index in [2.05, 4.69) is 27.7 Å². The van der Waals surface area contributed by atoms with Gasteiger partial charge in [0.1, 0.15) is 37.1 Å². The number of hydrogen-bond donors (Lipinski definition) is 1. The van der Waals surface area contributed by atoms with Crippen molar-refractivity contribution in [3.05, 3.63) is 108 Å². The molecular weight excluding hydrogens is 1500 g/mol. The van der Waals surface area contributed by atoms with Crippen LogP contribution in [0.25, 0.3) is 0 Å². The monoisotopic (exact) mass is 1620 g/mol. The quantitative estimate of drug-likeness (QED) is 0.0504. The van der Waals surface area contributed by atoms with E-state index < -0.39 is 203 Å². The molecule has 2 spiro atoms. The molecule has 13 rings (SSSR count). The lowest BCUT2D eigenvalue weighted by Gasteiger charge is -2.59. The van der Waals surface area contributed by atoms with Crippen LogP contribution in [0.3, 0.4) is 0 Å². The molecule has 6 saturated heterocycles. The average Bonchev–Trinajstić information content (AvgIpc) is 1.49. The van der Waals surface area contributed by atoms with Crippen LogP contribution in [-0.2, 0) is 104 Å². The highest BCUT2D eigenvalue weighted by Crippen LogP contribution is 2.77. The van der Waals surface area contributed by atoms with Crippen molar-refractivity contribution >= 4 is 47.8 Å². The first-order chi connectivity index (χ1) is 54.2. The SMILES string of the molecule is C[C@@H]1CC[C@@]2(OC1)O[C@@]1(O)C[C@H]3[C@@H]4CC5OC56C[C@@H](O[C@@H]5O[C@H](COC(=O)C(C)(C)C)[C@@H](O[C@@H]7O[C@@H](COC(=O)c8ccccc8)[C@H](OC(=O)c8ccccc8)[C@H]7OC(=O)c7ccccc7)[C@H](OC(=O)C(C)(C)C)[C@H]5O[C@@H]5O[C@@H](C)[C@H](OC(=O)C(C)(C)C)[C@@H](OC(=O)C(C)(C)C)[C@H]5OC(=O)C(C)(C)C)CC[C@]6(C)[C@H]4CC[C@]3(C)[C@H]1[C@@H]2C. The maximum Gasteiger partial charge on any atom is 0.338 e. The van der Waals surface area contributed by atoms with Crippen molar-refractivity contribution < 1.29 is 124 Å². The van der Waals surface area contributed by atoms with Gasteiger partial charge >= 0.3 is 47.8 Å². The zero-order valence-corrected chi connectivity index (χ0v) is 71.0. The number of epoxide rings is 1. The Hall–Kier alpha value is -6.98. The number of carbonyl (C=O) groups is 8. The molecule has 3 aromatic carbocycles. The summed E-state index contributed by atoms with van der Waals surface area (Å²) < 4.78 is 115. The van der Waals surface area contributed by atoms with Gasteiger partial charge in [-0.25, -0.2) is 14.4 Å². The van der Waals surface area contributed by atoms with E-state index in [0.717, 1.165) is 32.1 Å². The molecule has 3 aromatic rings. The minimum absolute atomic E-state index is 0.0367. The summed E-state index contributed by atoms with van der Waals surface area (Å²) in [7, 11) is 0. The predicted molar refractivity (Wildman–Crippen MR) is 414 cm³/mol. The van der Waals surface area contributed by atoms with E-state index in [0.29, 0.717) is 38.2 Å². The van der Waals surface area contributed by atoms with Crippen LogP contribution in [0, 0.1) is 73.4 Å². The van der Waals surface area contributed by atoms with Gasteiger partial charge in [-0.15, -0.1) is 0 Å². The van der Waals surface area contributed by atoms with E-state index in [9.17, 15) is 38.7 Å². The average molecular weight is 1620 g/mol. The highest BCUT2D eigenvalue weighted by atomic mass is 16.8. The Morgan fingerprint density at radius 3 is 1.44 bits per heavy atom. The van der Waals surface area contributed by atoms with Crippen molar-refractivity contribution in [2.75, 3.05) is 19.8 Å². The Labute approximate surface area is 681 Å². The smallest absolute Gasteiger partial charge is 0.338 e. The first kappa shape index (κ1) is 86.9. The number of hydrogen-bond acceptors (Lipinski definition) is 26. The number of ether oxygens (including phenoxy) is 17. The molecule has 10 fully saturated rings. The highest BCUT2D eigenvalue weighted by Gasteiger charge is 2.80. The molecule has 4 saturated carbocycles. The van der Waals surface area contributed by atoms with Crippen molar-refractivity contribution in [2.24, 2.45) is 73.4 Å². The standard InChI is InChI=1S/C90H122O26/c1-48-36-41-90(102-45-48)49(2)69-86(19)39-38-56-55(57(86)44-89(69,99)116-90)42-60-88(115-60)43-54(37-40-87(56,88)20)104-74-67(110-73-68(114-80(98)85(16,17)18)64(112-78(96)83(10,11)12)61(50(3)103-73)111-77(95)82(7,8)9)65(113-79(97)84(13,14)15)62(59(105-74)47-101-76(94)81(4,5)6)109-75-66(108-72(93)53-34-28-23-29-35-53)63(107-71(92)52-32-26-22-27-33-52)58(106-75)46-100-70(91)51-30-24-21-25-31-51/h21-35,48-50,54-69,73-75,99H,36-47H2,1-20H3/t48-,49+,50+,54+,55-,56+,57+,58+,59-,60?,61+,62-,63+,64-,65+,66-,67-,68-,69-,73+,74-,75+,86+,87-,88?,89+,90-/m1/s1. The van der Waals surface area contributed by atoms with Gasteiger partial charge in [0.05, 0.1) is 68.7 Å². The Kier molecular flexibility index (Phi) is 24.1. The zero-order chi connectivity index (χ0) is 84.2. The van der Waals surface area contributed by atoms with Gasteiger partial charge in [-0.05, 0) is 215 Å². The van der Waals surface area contributed by atoms with Crippen LogP contribution in [0.1, 0.15) is 227 Å². The summed E-state index contributed by atoms with van der Waals surface area (Å²) in [4.78, 5) is 117. The van der Waals surface area contributed by atoms with Crippen molar-refractivity contribution in [3.8, 4) is 0 Å². The summed E-state index contributed by atoms with van der Waals surface area (Å²) in [5.41, 5.74) is -7.13. The van der Waals surface area contributed by atoms with Crippen LogP contribution in [-0.4, -0.2) is 188 Å². The zero-order valence-electron chi connectivity index (χ0n) is 71.0. The van der Waals surface area contributed by atoms with Gasteiger partial charge in [-0.2, -0.15) is 0 Å². The molecule has 6 aliphatic heterocycles. The lowest BCUT2D eigenvalue weighted by molar-refractivity contribution is -0.382. The fourth-order valence-electron chi connectivity index (χ4n) is 19.6. The molecule has 27 atom stereocenters. The Morgan fingerprint density at radius 1 is 0.457 bits per heavy atom. The van der Waals surface area contributed by atoms with E-state index in [1.165, 1.54) is 24.3 Å². The predicted octanol–water partition coefficient (Wildman–Crippen LogP) is 13.0. The molecule has 0 bridgehead atoms. The molecule has 26 heteroatoms. The van der Waals surface area contributed by atoms with Gasteiger partial charge in [0.2, 0.25) is 0 Å². The first-order valence-electron chi connectivity index (χ1n) is 41.6. The summed E-state index contributed by atoms with van der Waals surface area (Å²) in [6.45, 7) is 34.4. The van der Waals surface area contributed by atoms with Crippen LogP contribution >= 0.6 is 0 Å². The molecular formula is C90H122O26. The van der Waals surface area contributed by atoms with Gasteiger partial charge in [-0.1, -0.05) is 82.3 Å². The Bertz CT molecular complexity index is 4070. The van der Waals surface area contributed by atoms with Gasteiger partial charge < -0.3 is 85.6 Å². The fraction of sp³-hybridized carbons (Fsp3) is 0.711. The molecule has 1 N–H and O–H groups in total. The van der Waals surface area contributed by atoms with Crippen LogP contribution < -0.4 is 0 Å². The van der Waals surface area contributed by atoms with Crippen molar-refractivity contribution in [1.82, 2.24) is 0 Å². The number of aliphatic hydroxyl groups is 1. The van der Waals surface area contributed by atoms with Gasteiger partial charge in [0, 0.05) is 36.5 Å². The highest BCUT2D eigenvalue weighted by molar-refractivity contribution is 5.91. The third-order valence-corrected chi connectivity index (χ3v) is 26.1. The molecule has 638 valence electrons. The summed E-state index contributed by atoms with van der Waals surface area (Å²) in [6, 6.07) is 24.0. The molecule has 6 heterocycles. The van der Waals surface area contributed by atoms with Crippen molar-refractivity contribution in [3.63, 3.8) is 0 Å². The Balaban J connectivity index is 0.921. The van der Waals surface area contributed by atoms with E-state index in [1.54, 1.807) is 178 Å². The summed E-state index contributed by atoms with van der Waals surface area (Å²) in [5, 5.41) is 12.9. The van der Waals surface area contributed by atoms with E-state index in [4.69, 9.17) is 80.5 Å². The molecule has 0 radical (unpaired) electrons. The van der Waals surface area contributed by atoms with Crippen LogP contribution in [0.15, 0.2) is 91.0 Å². The van der Waals surface area contributed by atoms with Crippen LogP contribution in [0.2, 0.25) is 0 Å². The Morgan fingerprint density at radius 2 is 0.914 bits per heavy atom. The number of fused-ring (bicyclic) bond motifs is 6. The molecule has 26 nitrogen and oxygen atoms in total. The molecule has 4 aliphatic carbocycles. The fourth-order valence-corrected chi connectivity index (χ4v) is 19.6. The lowest BCUT2D eigenvalue weighted by Crippen LogP contribution is -2.68. The second-order valence-electron chi connectivity index (χ2n) is 40.0.